The Morgan fingerprint density at radius 3 is 1.62 bits per heavy atom. The van der Waals surface area contributed by atoms with Gasteiger partial charge in [0.15, 0.2) is 0 Å². The first-order chi connectivity index (χ1) is 9.23. The van der Waals surface area contributed by atoms with E-state index in [-0.39, 0.29) is 12.1 Å². The number of carbonyl (C=O) groups excluding carboxylic acids is 1. The zero-order valence-corrected chi connectivity index (χ0v) is 10.1. The average molecular weight is 345 g/mol. The minimum Gasteiger partial charge on any atom is -0.287 e. The van der Waals surface area contributed by atoms with Crippen molar-refractivity contribution >= 4 is 17.4 Å². The molecule has 0 amide bonds. The van der Waals surface area contributed by atoms with Crippen LogP contribution in [-0.4, -0.2) is 23.8 Å². The van der Waals surface area contributed by atoms with Gasteiger partial charge in [0.1, 0.15) is 16.7 Å². The molecule has 0 aromatic heterocycles. The van der Waals surface area contributed by atoms with Crippen LogP contribution in [0.3, 0.4) is 0 Å². The number of Topliss-reactive ketones (excluding diaryl/α,β-unsaturated/α-hetero) is 1. The van der Waals surface area contributed by atoms with Crippen LogP contribution in [0.2, 0.25) is 5.02 Å². The molecule has 11 heteroatoms. The van der Waals surface area contributed by atoms with Gasteiger partial charge in [-0.1, -0.05) is 11.6 Å². The quantitative estimate of drug-likeness (QED) is 0.444. The summed E-state index contributed by atoms with van der Waals surface area (Å²) in [6.07, 6.45) is -6.74. The van der Waals surface area contributed by atoms with Crippen molar-refractivity contribution in [1.82, 2.24) is 0 Å². The number of carbonyl (C=O) groups is 1. The van der Waals surface area contributed by atoms with Crippen molar-refractivity contribution in [3.8, 4) is 0 Å². The highest BCUT2D eigenvalue weighted by atomic mass is 35.5. The summed E-state index contributed by atoms with van der Waals surface area (Å²) in [6.45, 7) is 0. The SMILES string of the molecule is O=C(c1cc(F)c(Cl)c(F)c1)C(F)(F)C(F)(F)C(F)(F)F. The van der Waals surface area contributed by atoms with Crippen LogP contribution in [0.5, 0.6) is 0 Å². The lowest BCUT2D eigenvalue weighted by Crippen LogP contribution is -2.56. The summed E-state index contributed by atoms with van der Waals surface area (Å²) in [7, 11) is 0. The van der Waals surface area contributed by atoms with E-state index in [9.17, 15) is 44.3 Å². The van der Waals surface area contributed by atoms with Gasteiger partial charge in [-0.05, 0) is 12.1 Å². The Balaban J connectivity index is 3.37. The summed E-state index contributed by atoms with van der Waals surface area (Å²) >= 11 is 4.95. The Hall–Kier alpha value is -1.45. The van der Waals surface area contributed by atoms with E-state index in [2.05, 4.69) is 0 Å². The van der Waals surface area contributed by atoms with Gasteiger partial charge >= 0.3 is 18.0 Å². The molecule has 0 spiro atoms. The highest BCUT2D eigenvalue weighted by Crippen LogP contribution is 2.47. The van der Waals surface area contributed by atoms with Crippen molar-refractivity contribution in [2.75, 3.05) is 0 Å². The molecule has 0 atom stereocenters. The predicted molar refractivity (Wildman–Crippen MR) is 51.6 cm³/mol. The molecule has 0 aliphatic rings. The van der Waals surface area contributed by atoms with Crippen molar-refractivity contribution < 1.29 is 44.3 Å². The lowest BCUT2D eigenvalue weighted by Gasteiger charge is -2.27. The molecule has 0 radical (unpaired) electrons. The summed E-state index contributed by atoms with van der Waals surface area (Å²) in [5.74, 6) is -19.6. The maximum absolute atomic E-state index is 13.0. The van der Waals surface area contributed by atoms with Gasteiger partial charge in [-0.3, -0.25) is 4.79 Å². The topological polar surface area (TPSA) is 17.1 Å². The van der Waals surface area contributed by atoms with E-state index in [4.69, 9.17) is 11.6 Å². The number of benzene rings is 1. The first-order valence-corrected chi connectivity index (χ1v) is 5.13. The second kappa shape index (κ2) is 5.08. The molecule has 0 aliphatic carbocycles. The Labute approximate surface area is 115 Å². The third-order valence-electron chi connectivity index (χ3n) is 2.28. The van der Waals surface area contributed by atoms with E-state index in [1.165, 1.54) is 0 Å². The maximum Gasteiger partial charge on any atom is 0.460 e. The second-order valence-electron chi connectivity index (χ2n) is 3.73. The van der Waals surface area contributed by atoms with E-state index in [1.54, 1.807) is 0 Å². The highest BCUT2D eigenvalue weighted by Gasteiger charge is 2.76. The van der Waals surface area contributed by atoms with Crippen LogP contribution in [0.4, 0.5) is 39.5 Å². The van der Waals surface area contributed by atoms with Crippen LogP contribution < -0.4 is 0 Å². The summed E-state index contributed by atoms with van der Waals surface area (Å²) in [6, 6.07) is -0.345. The lowest BCUT2D eigenvalue weighted by molar-refractivity contribution is -0.339. The van der Waals surface area contributed by atoms with Gasteiger partial charge in [0.05, 0.1) is 0 Å². The standard InChI is InChI=1S/C10H2ClF9O/c11-6-4(12)1-3(2-5(6)13)7(21)8(14,15)9(16,17)10(18,19)20/h1-2H. The fourth-order valence-corrected chi connectivity index (χ4v) is 1.30. The van der Waals surface area contributed by atoms with Crippen LogP contribution in [0, 0.1) is 11.6 Å². The fraction of sp³-hybridized carbons (Fsp3) is 0.300. The molecule has 0 saturated carbocycles. The summed E-state index contributed by atoms with van der Waals surface area (Å²) in [5, 5.41) is -1.24. The predicted octanol–water partition coefficient (Wildman–Crippen LogP) is 4.63. The molecule has 0 aliphatic heterocycles. The molecule has 0 heterocycles. The first kappa shape index (κ1) is 17.6. The highest BCUT2D eigenvalue weighted by molar-refractivity contribution is 6.31. The summed E-state index contributed by atoms with van der Waals surface area (Å²) in [5.41, 5.74) is -1.72. The Bertz CT molecular complexity index is 555. The molecule has 0 bridgehead atoms. The van der Waals surface area contributed by atoms with Crippen LogP contribution in [0.1, 0.15) is 10.4 Å². The van der Waals surface area contributed by atoms with Gasteiger partial charge in [0.25, 0.3) is 0 Å². The Morgan fingerprint density at radius 1 is 0.905 bits per heavy atom. The van der Waals surface area contributed by atoms with Crippen molar-refractivity contribution in [3.05, 3.63) is 34.4 Å². The number of alkyl halides is 7. The molecule has 0 saturated heterocycles. The minimum atomic E-state index is -6.74. The molecule has 0 N–H and O–H groups in total. The van der Waals surface area contributed by atoms with Gasteiger partial charge in [0, 0.05) is 5.56 Å². The van der Waals surface area contributed by atoms with Gasteiger partial charge < -0.3 is 0 Å². The molecule has 1 rings (SSSR count). The van der Waals surface area contributed by atoms with Gasteiger partial charge in [-0.25, -0.2) is 8.78 Å². The minimum absolute atomic E-state index is 0.173. The van der Waals surface area contributed by atoms with E-state index in [0.717, 1.165) is 0 Å². The maximum atomic E-state index is 13.0. The molecule has 1 aromatic rings. The van der Waals surface area contributed by atoms with E-state index >= 15 is 0 Å². The van der Waals surface area contributed by atoms with Crippen molar-refractivity contribution in [2.45, 2.75) is 18.0 Å². The third-order valence-corrected chi connectivity index (χ3v) is 2.64. The van der Waals surface area contributed by atoms with Crippen molar-refractivity contribution in [3.63, 3.8) is 0 Å². The average Bonchev–Trinajstić information content (AvgIpc) is 2.32. The third kappa shape index (κ3) is 2.81. The normalized spacial score (nSPS) is 13.4. The van der Waals surface area contributed by atoms with E-state index < -0.39 is 46.0 Å². The number of rotatable bonds is 3. The molecular weight excluding hydrogens is 343 g/mol. The Kier molecular flexibility index (Phi) is 4.25. The van der Waals surface area contributed by atoms with E-state index in [1.807, 2.05) is 0 Å². The van der Waals surface area contributed by atoms with Crippen LogP contribution in [0.25, 0.3) is 0 Å². The molecule has 1 nitrogen and oxygen atoms in total. The van der Waals surface area contributed by atoms with Crippen LogP contribution in [-0.2, 0) is 0 Å². The lowest BCUT2D eigenvalue weighted by atomic mass is 9.99. The first-order valence-electron chi connectivity index (χ1n) is 4.75. The van der Waals surface area contributed by atoms with E-state index in [0.29, 0.717) is 0 Å². The summed E-state index contributed by atoms with van der Waals surface area (Å²) in [4.78, 5) is 11.1. The smallest absolute Gasteiger partial charge is 0.287 e. The summed E-state index contributed by atoms with van der Waals surface area (Å²) < 4.78 is 113. The number of ketones is 1. The van der Waals surface area contributed by atoms with Gasteiger partial charge in [-0.15, -0.1) is 0 Å². The zero-order chi connectivity index (χ0) is 16.8. The number of hydrogen-bond acceptors (Lipinski definition) is 1. The molecule has 0 fully saturated rings. The monoisotopic (exact) mass is 344 g/mol. The molecular formula is C10H2ClF9O. The molecule has 0 unspecified atom stereocenters. The molecule has 118 valence electrons. The van der Waals surface area contributed by atoms with Gasteiger partial charge in [0.2, 0.25) is 5.78 Å². The Morgan fingerprint density at radius 2 is 1.29 bits per heavy atom. The fourth-order valence-electron chi connectivity index (χ4n) is 1.19. The van der Waals surface area contributed by atoms with Crippen molar-refractivity contribution in [2.24, 2.45) is 0 Å². The molecule has 1 aromatic carbocycles. The number of halogens is 10. The van der Waals surface area contributed by atoms with Crippen LogP contribution >= 0.6 is 11.6 Å². The number of hydrogen-bond donors (Lipinski definition) is 0. The largest absolute Gasteiger partial charge is 0.460 e. The zero-order valence-electron chi connectivity index (χ0n) is 9.34. The van der Waals surface area contributed by atoms with Crippen LogP contribution in [0.15, 0.2) is 12.1 Å². The second-order valence-corrected chi connectivity index (χ2v) is 4.11. The van der Waals surface area contributed by atoms with Crippen molar-refractivity contribution in [1.29, 1.82) is 0 Å². The molecule has 21 heavy (non-hydrogen) atoms. The van der Waals surface area contributed by atoms with Gasteiger partial charge in [-0.2, -0.15) is 30.7 Å².